The third-order valence-electron chi connectivity index (χ3n) is 2.96. The number of benzene rings is 1. The summed E-state index contributed by atoms with van der Waals surface area (Å²) in [6, 6.07) is 2.48. The fourth-order valence-corrected chi connectivity index (χ4v) is 1.95. The summed E-state index contributed by atoms with van der Waals surface area (Å²) in [5.74, 6) is -3.30. The van der Waals surface area contributed by atoms with Crippen LogP contribution >= 0.6 is 0 Å². The highest BCUT2D eigenvalue weighted by Crippen LogP contribution is 2.32. The molecule has 0 unspecified atom stereocenters. The van der Waals surface area contributed by atoms with E-state index in [1.807, 2.05) is 0 Å². The number of Topliss-reactive ketones (excluding diaryl/α,β-unsaturated/α-hetero) is 2. The Labute approximate surface area is 112 Å². The molecule has 1 aromatic rings. The number of aromatic hydroxyl groups is 1. The summed E-state index contributed by atoms with van der Waals surface area (Å²) in [5.41, 5.74) is 0.357. The molecule has 0 aliphatic carbocycles. The molecular formula is C13H11F3O4. The van der Waals surface area contributed by atoms with Gasteiger partial charge in [-0.1, -0.05) is 0 Å². The molecule has 0 aromatic heterocycles. The molecule has 0 saturated carbocycles. The molecule has 0 saturated heterocycles. The van der Waals surface area contributed by atoms with Crippen molar-refractivity contribution in [2.75, 3.05) is 6.61 Å². The first-order chi connectivity index (χ1) is 9.29. The minimum Gasteiger partial charge on any atom is -0.507 e. The quantitative estimate of drug-likeness (QED) is 0.685. The second kappa shape index (κ2) is 5.15. The number of fused-ring (bicyclic) bond motifs is 1. The summed E-state index contributed by atoms with van der Waals surface area (Å²) in [6.45, 7) is 0.437. The second-order valence-electron chi connectivity index (χ2n) is 4.45. The van der Waals surface area contributed by atoms with Crippen LogP contribution in [0.5, 0.6) is 11.5 Å². The normalized spacial score (nSPS) is 14.3. The van der Waals surface area contributed by atoms with Crippen molar-refractivity contribution in [3.63, 3.8) is 0 Å². The van der Waals surface area contributed by atoms with Gasteiger partial charge in [-0.25, -0.2) is 0 Å². The lowest BCUT2D eigenvalue weighted by molar-refractivity contribution is -0.170. The van der Waals surface area contributed by atoms with Gasteiger partial charge in [0, 0.05) is 0 Å². The molecule has 1 aliphatic heterocycles. The Balaban J connectivity index is 2.24. The van der Waals surface area contributed by atoms with Crippen LogP contribution in [0, 0.1) is 0 Å². The zero-order valence-electron chi connectivity index (χ0n) is 10.3. The lowest BCUT2D eigenvalue weighted by Gasteiger charge is -2.18. The monoisotopic (exact) mass is 288 g/mol. The number of hydrogen-bond acceptors (Lipinski definition) is 4. The van der Waals surface area contributed by atoms with Gasteiger partial charge in [0.05, 0.1) is 18.6 Å². The number of ether oxygens (including phenoxy) is 1. The van der Waals surface area contributed by atoms with E-state index in [9.17, 15) is 27.9 Å². The van der Waals surface area contributed by atoms with Crippen molar-refractivity contribution in [3.05, 3.63) is 23.3 Å². The standard InChI is InChI=1S/C13H11F3O4/c14-13(15,16)12(19)6-10(18)8-5-11-7(4-9(8)17)2-1-3-20-11/h4-5,17H,1-3,6H2. The number of alkyl halides is 3. The van der Waals surface area contributed by atoms with Crippen LogP contribution in [0.25, 0.3) is 0 Å². The van der Waals surface area contributed by atoms with Gasteiger partial charge in [0.2, 0.25) is 5.78 Å². The van der Waals surface area contributed by atoms with Crippen LogP contribution in [-0.2, 0) is 11.2 Å². The lowest BCUT2D eigenvalue weighted by atomic mass is 9.99. The number of rotatable bonds is 3. The van der Waals surface area contributed by atoms with Crippen LogP contribution in [0.15, 0.2) is 12.1 Å². The van der Waals surface area contributed by atoms with Gasteiger partial charge in [-0.3, -0.25) is 9.59 Å². The number of phenols is 1. The highest BCUT2D eigenvalue weighted by atomic mass is 19.4. The molecule has 0 amide bonds. The molecule has 0 fully saturated rings. The SMILES string of the molecule is O=C(CC(=O)C(F)(F)F)c1cc2c(cc1O)CCCO2. The Morgan fingerprint density at radius 1 is 1.30 bits per heavy atom. The van der Waals surface area contributed by atoms with E-state index in [-0.39, 0.29) is 5.56 Å². The van der Waals surface area contributed by atoms with Gasteiger partial charge in [-0.2, -0.15) is 13.2 Å². The number of ketones is 2. The average Bonchev–Trinajstić information content (AvgIpc) is 2.36. The largest absolute Gasteiger partial charge is 0.507 e. The van der Waals surface area contributed by atoms with Crippen molar-refractivity contribution in [2.24, 2.45) is 0 Å². The summed E-state index contributed by atoms with van der Waals surface area (Å²) >= 11 is 0. The van der Waals surface area contributed by atoms with Crippen molar-refractivity contribution >= 4 is 11.6 Å². The maximum absolute atomic E-state index is 12.1. The minimum atomic E-state index is -5.06. The Hall–Kier alpha value is -2.05. The van der Waals surface area contributed by atoms with Gasteiger partial charge >= 0.3 is 6.18 Å². The smallest absolute Gasteiger partial charge is 0.450 e. The molecule has 1 N–H and O–H groups in total. The van der Waals surface area contributed by atoms with Crippen molar-refractivity contribution in [1.82, 2.24) is 0 Å². The van der Waals surface area contributed by atoms with Gasteiger partial charge in [-0.05, 0) is 30.5 Å². The lowest BCUT2D eigenvalue weighted by Crippen LogP contribution is -2.25. The van der Waals surface area contributed by atoms with Crippen molar-refractivity contribution < 1.29 is 32.6 Å². The number of halogens is 3. The average molecular weight is 288 g/mol. The van der Waals surface area contributed by atoms with E-state index in [1.54, 1.807) is 0 Å². The first-order valence-electron chi connectivity index (χ1n) is 5.91. The van der Waals surface area contributed by atoms with E-state index in [2.05, 4.69) is 0 Å². The van der Waals surface area contributed by atoms with Gasteiger partial charge < -0.3 is 9.84 Å². The predicted molar refractivity (Wildman–Crippen MR) is 61.9 cm³/mol. The number of carbonyl (C=O) groups excluding carboxylic acids is 2. The number of phenolic OH excluding ortho intramolecular Hbond substituents is 1. The molecule has 20 heavy (non-hydrogen) atoms. The highest BCUT2D eigenvalue weighted by Gasteiger charge is 2.39. The number of aryl methyl sites for hydroxylation is 1. The fraction of sp³-hybridized carbons (Fsp3) is 0.385. The molecule has 108 valence electrons. The van der Waals surface area contributed by atoms with Gasteiger partial charge in [0.25, 0.3) is 0 Å². The topological polar surface area (TPSA) is 63.6 Å². The summed E-state index contributed by atoms with van der Waals surface area (Å²) in [6.07, 6.45) is -4.98. The zero-order valence-corrected chi connectivity index (χ0v) is 10.3. The van der Waals surface area contributed by atoms with Crippen molar-refractivity contribution in [3.8, 4) is 11.5 Å². The van der Waals surface area contributed by atoms with Crippen LogP contribution in [0.3, 0.4) is 0 Å². The summed E-state index contributed by atoms with van der Waals surface area (Å²) < 4.78 is 41.6. The molecule has 0 atom stereocenters. The van der Waals surface area contributed by atoms with Crippen LogP contribution in [0.4, 0.5) is 13.2 Å². The molecule has 0 radical (unpaired) electrons. The van der Waals surface area contributed by atoms with Crippen LogP contribution < -0.4 is 4.74 Å². The Morgan fingerprint density at radius 2 is 2.00 bits per heavy atom. The van der Waals surface area contributed by atoms with Gasteiger partial charge in [0.15, 0.2) is 5.78 Å². The number of carbonyl (C=O) groups is 2. The Kier molecular flexibility index (Phi) is 3.69. The Morgan fingerprint density at radius 3 is 2.65 bits per heavy atom. The van der Waals surface area contributed by atoms with Crippen molar-refractivity contribution in [1.29, 1.82) is 0 Å². The second-order valence-corrected chi connectivity index (χ2v) is 4.45. The van der Waals surface area contributed by atoms with E-state index in [4.69, 9.17) is 4.74 Å². The summed E-state index contributed by atoms with van der Waals surface area (Å²) in [5, 5.41) is 9.68. The Bertz CT molecular complexity index is 563. The summed E-state index contributed by atoms with van der Waals surface area (Å²) in [7, 11) is 0. The first kappa shape index (κ1) is 14.4. The molecule has 2 rings (SSSR count). The van der Waals surface area contributed by atoms with Crippen LogP contribution in [-0.4, -0.2) is 29.5 Å². The van der Waals surface area contributed by atoms with Gasteiger partial charge in [-0.15, -0.1) is 0 Å². The van der Waals surface area contributed by atoms with Gasteiger partial charge in [0.1, 0.15) is 11.5 Å². The van der Waals surface area contributed by atoms with E-state index in [0.29, 0.717) is 24.3 Å². The molecule has 0 bridgehead atoms. The molecule has 4 nitrogen and oxygen atoms in total. The van der Waals surface area contributed by atoms with E-state index in [0.717, 1.165) is 6.42 Å². The predicted octanol–water partition coefficient (Wildman–Crippen LogP) is 2.42. The number of hydrogen-bond donors (Lipinski definition) is 1. The van der Waals surface area contributed by atoms with Crippen LogP contribution in [0.2, 0.25) is 0 Å². The first-order valence-corrected chi connectivity index (χ1v) is 5.91. The molecule has 1 aliphatic rings. The zero-order chi connectivity index (χ0) is 14.9. The minimum absolute atomic E-state index is 0.330. The summed E-state index contributed by atoms with van der Waals surface area (Å²) in [4.78, 5) is 22.5. The molecule has 1 aromatic carbocycles. The van der Waals surface area contributed by atoms with E-state index < -0.39 is 29.9 Å². The molecule has 0 spiro atoms. The highest BCUT2D eigenvalue weighted by molar-refractivity contribution is 6.10. The van der Waals surface area contributed by atoms with Crippen LogP contribution in [0.1, 0.15) is 28.8 Å². The molecular weight excluding hydrogens is 277 g/mol. The van der Waals surface area contributed by atoms with E-state index >= 15 is 0 Å². The van der Waals surface area contributed by atoms with E-state index in [1.165, 1.54) is 12.1 Å². The van der Waals surface area contributed by atoms with Crippen molar-refractivity contribution in [2.45, 2.75) is 25.4 Å². The third-order valence-corrected chi connectivity index (χ3v) is 2.96. The fourth-order valence-electron chi connectivity index (χ4n) is 1.95. The maximum Gasteiger partial charge on any atom is 0.450 e. The third kappa shape index (κ3) is 2.92. The molecule has 1 heterocycles. The molecule has 7 heteroatoms. The maximum atomic E-state index is 12.1.